The van der Waals surface area contributed by atoms with Crippen LogP contribution in [-0.2, 0) is 6.42 Å². The minimum Gasteiger partial charge on any atom is -0.467 e. The lowest BCUT2D eigenvalue weighted by molar-refractivity contribution is 0.379. The van der Waals surface area contributed by atoms with Gasteiger partial charge in [0.25, 0.3) is 0 Å². The predicted molar refractivity (Wildman–Crippen MR) is 72.8 cm³/mol. The maximum absolute atomic E-state index is 5.10. The molecule has 3 nitrogen and oxygen atoms in total. The highest BCUT2D eigenvalue weighted by Gasteiger charge is 2.04. The van der Waals surface area contributed by atoms with Crippen molar-refractivity contribution in [1.29, 1.82) is 0 Å². The number of aromatic nitrogens is 2. The van der Waals surface area contributed by atoms with E-state index in [9.17, 15) is 0 Å². The molecule has 0 amide bonds. The Morgan fingerprint density at radius 3 is 2.44 bits per heavy atom. The van der Waals surface area contributed by atoms with Crippen LogP contribution in [0.3, 0.4) is 0 Å². The summed E-state index contributed by atoms with van der Waals surface area (Å²) in [5.74, 6) is 0. The molecular weight excluding hydrogens is 224 g/mol. The SMILES string of the molecule is CCCc1ccc(-c2cc(C)nc(OC)n2)cc1. The van der Waals surface area contributed by atoms with Crippen molar-refractivity contribution >= 4 is 0 Å². The van der Waals surface area contributed by atoms with Crippen LogP contribution in [-0.4, -0.2) is 17.1 Å². The Bertz CT molecular complexity index is 521. The molecule has 2 rings (SSSR count). The third-order valence-electron chi connectivity index (χ3n) is 2.80. The number of aryl methyl sites for hydroxylation is 2. The van der Waals surface area contributed by atoms with Gasteiger partial charge in [-0.3, -0.25) is 0 Å². The predicted octanol–water partition coefficient (Wildman–Crippen LogP) is 3.41. The molecule has 0 aliphatic heterocycles. The number of hydrogen-bond acceptors (Lipinski definition) is 3. The highest BCUT2D eigenvalue weighted by Crippen LogP contribution is 2.20. The summed E-state index contributed by atoms with van der Waals surface area (Å²) in [7, 11) is 1.59. The van der Waals surface area contributed by atoms with Gasteiger partial charge in [0, 0.05) is 11.3 Å². The van der Waals surface area contributed by atoms with E-state index in [2.05, 4.69) is 41.2 Å². The molecule has 2 aromatic rings. The highest BCUT2D eigenvalue weighted by molar-refractivity contribution is 5.60. The largest absolute Gasteiger partial charge is 0.467 e. The zero-order valence-electron chi connectivity index (χ0n) is 11.1. The van der Waals surface area contributed by atoms with Crippen molar-refractivity contribution in [2.75, 3.05) is 7.11 Å². The van der Waals surface area contributed by atoms with Gasteiger partial charge in [-0.2, -0.15) is 4.98 Å². The number of ether oxygens (including phenoxy) is 1. The van der Waals surface area contributed by atoms with Gasteiger partial charge in [-0.25, -0.2) is 4.98 Å². The van der Waals surface area contributed by atoms with Crippen molar-refractivity contribution in [3.63, 3.8) is 0 Å². The lowest BCUT2D eigenvalue weighted by Gasteiger charge is -2.06. The molecule has 0 saturated heterocycles. The summed E-state index contributed by atoms with van der Waals surface area (Å²) in [5, 5.41) is 0. The van der Waals surface area contributed by atoms with Crippen LogP contribution in [0.15, 0.2) is 30.3 Å². The van der Waals surface area contributed by atoms with E-state index in [1.807, 2.05) is 13.0 Å². The molecule has 1 aromatic heterocycles. The Labute approximate surface area is 108 Å². The molecular formula is C15H18N2O. The molecule has 0 radical (unpaired) electrons. The third-order valence-corrected chi connectivity index (χ3v) is 2.80. The number of nitrogens with zero attached hydrogens (tertiary/aromatic N) is 2. The second-order valence-corrected chi connectivity index (χ2v) is 4.33. The first-order chi connectivity index (χ1) is 8.72. The van der Waals surface area contributed by atoms with Crippen LogP contribution in [0, 0.1) is 6.92 Å². The summed E-state index contributed by atoms with van der Waals surface area (Å²) >= 11 is 0. The maximum Gasteiger partial charge on any atom is 0.316 e. The Hall–Kier alpha value is -1.90. The number of methoxy groups -OCH3 is 1. The second-order valence-electron chi connectivity index (χ2n) is 4.33. The average Bonchev–Trinajstić information content (AvgIpc) is 2.39. The Balaban J connectivity index is 2.33. The second kappa shape index (κ2) is 5.63. The summed E-state index contributed by atoms with van der Waals surface area (Å²) in [4.78, 5) is 8.56. The van der Waals surface area contributed by atoms with Gasteiger partial charge in [0.15, 0.2) is 0 Å². The molecule has 0 atom stereocenters. The van der Waals surface area contributed by atoms with E-state index in [4.69, 9.17) is 4.74 Å². The van der Waals surface area contributed by atoms with E-state index in [1.54, 1.807) is 7.11 Å². The molecule has 1 heterocycles. The summed E-state index contributed by atoms with van der Waals surface area (Å²) in [6.45, 7) is 4.13. The van der Waals surface area contributed by atoms with Crippen molar-refractivity contribution in [2.24, 2.45) is 0 Å². The van der Waals surface area contributed by atoms with Gasteiger partial charge in [-0.15, -0.1) is 0 Å². The molecule has 0 aliphatic rings. The van der Waals surface area contributed by atoms with E-state index in [-0.39, 0.29) is 0 Å². The van der Waals surface area contributed by atoms with Crippen LogP contribution < -0.4 is 4.74 Å². The van der Waals surface area contributed by atoms with Crippen molar-refractivity contribution in [1.82, 2.24) is 9.97 Å². The van der Waals surface area contributed by atoms with Gasteiger partial charge >= 0.3 is 6.01 Å². The molecule has 1 aromatic carbocycles. The third kappa shape index (κ3) is 2.86. The number of rotatable bonds is 4. The van der Waals surface area contributed by atoms with E-state index in [1.165, 1.54) is 12.0 Å². The van der Waals surface area contributed by atoms with Crippen molar-refractivity contribution in [2.45, 2.75) is 26.7 Å². The first-order valence-electron chi connectivity index (χ1n) is 6.22. The molecule has 0 N–H and O–H groups in total. The fourth-order valence-corrected chi connectivity index (χ4v) is 1.91. The van der Waals surface area contributed by atoms with Gasteiger partial charge in [0.05, 0.1) is 12.8 Å². The maximum atomic E-state index is 5.10. The van der Waals surface area contributed by atoms with Gasteiger partial charge in [0.1, 0.15) is 0 Å². The van der Waals surface area contributed by atoms with Crippen LogP contribution in [0.25, 0.3) is 11.3 Å². The van der Waals surface area contributed by atoms with E-state index in [0.29, 0.717) is 6.01 Å². The van der Waals surface area contributed by atoms with Crippen LogP contribution in [0.2, 0.25) is 0 Å². The first-order valence-corrected chi connectivity index (χ1v) is 6.22. The number of hydrogen-bond donors (Lipinski definition) is 0. The summed E-state index contributed by atoms with van der Waals surface area (Å²) in [6, 6.07) is 10.9. The lowest BCUT2D eigenvalue weighted by Crippen LogP contribution is -1.96. The van der Waals surface area contributed by atoms with Crippen molar-refractivity contribution < 1.29 is 4.74 Å². The molecule has 0 fully saturated rings. The monoisotopic (exact) mass is 242 g/mol. The number of benzene rings is 1. The van der Waals surface area contributed by atoms with E-state index >= 15 is 0 Å². The van der Waals surface area contributed by atoms with E-state index < -0.39 is 0 Å². The van der Waals surface area contributed by atoms with Crippen molar-refractivity contribution in [3.05, 3.63) is 41.6 Å². The summed E-state index contributed by atoms with van der Waals surface area (Å²) in [5.41, 5.74) is 4.27. The normalized spacial score (nSPS) is 10.4. The molecule has 0 unspecified atom stereocenters. The quantitative estimate of drug-likeness (QED) is 0.824. The van der Waals surface area contributed by atoms with Gasteiger partial charge in [-0.1, -0.05) is 37.6 Å². The Kier molecular flexibility index (Phi) is 3.92. The van der Waals surface area contributed by atoms with Crippen LogP contribution >= 0.6 is 0 Å². The highest BCUT2D eigenvalue weighted by atomic mass is 16.5. The smallest absolute Gasteiger partial charge is 0.316 e. The zero-order valence-corrected chi connectivity index (χ0v) is 11.1. The fourth-order valence-electron chi connectivity index (χ4n) is 1.91. The molecule has 3 heteroatoms. The van der Waals surface area contributed by atoms with E-state index in [0.717, 1.165) is 23.4 Å². The molecule has 0 bridgehead atoms. The first kappa shape index (κ1) is 12.6. The molecule has 18 heavy (non-hydrogen) atoms. The van der Waals surface area contributed by atoms with Crippen molar-refractivity contribution in [3.8, 4) is 17.3 Å². The van der Waals surface area contributed by atoms with Crippen LogP contribution in [0.1, 0.15) is 24.6 Å². The lowest BCUT2D eigenvalue weighted by atomic mass is 10.1. The molecule has 0 spiro atoms. The summed E-state index contributed by atoms with van der Waals surface area (Å²) in [6.07, 6.45) is 2.28. The minimum absolute atomic E-state index is 0.419. The zero-order chi connectivity index (χ0) is 13.0. The average molecular weight is 242 g/mol. The standard InChI is InChI=1S/C15H18N2O/c1-4-5-12-6-8-13(9-7-12)14-10-11(2)16-15(17-14)18-3/h6-10H,4-5H2,1-3H3. The van der Waals surface area contributed by atoms with Crippen LogP contribution in [0.4, 0.5) is 0 Å². The van der Waals surface area contributed by atoms with Gasteiger partial charge in [-0.05, 0) is 25.0 Å². The van der Waals surface area contributed by atoms with Crippen LogP contribution in [0.5, 0.6) is 6.01 Å². The molecule has 0 aliphatic carbocycles. The fraction of sp³-hybridized carbons (Fsp3) is 0.333. The minimum atomic E-state index is 0.419. The molecule has 94 valence electrons. The Morgan fingerprint density at radius 2 is 1.83 bits per heavy atom. The topological polar surface area (TPSA) is 35.0 Å². The molecule has 0 saturated carbocycles. The van der Waals surface area contributed by atoms with Gasteiger partial charge < -0.3 is 4.74 Å². The summed E-state index contributed by atoms with van der Waals surface area (Å²) < 4.78 is 5.10. The Morgan fingerprint density at radius 1 is 1.11 bits per heavy atom. The van der Waals surface area contributed by atoms with Gasteiger partial charge in [0.2, 0.25) is 0 Å².